The molecule has 3 aromatic carbocycles. The van der Waals surface area contributed by atoms with Crippen LogP contribution in [0.3, 0.4) is 0 Å². The van der Waals surface area contributed by atoms with E-state index in [9.17, 15) is 0 Å². The van der Waals surface area contributed by atoms with E-state index in [0.29, 0.717) is 5.92 Å². The molecule has 0 aliphatic carbocycles. The Kier molecular flexibility index (Phi) is 4.53. The van der Waals surface area contributed by atoms with Crippen LogP contribution in [0.15, 0.2) is 78.9 Å². The smallest absolute Gasteiger partial charge is 0.0316 e. The van der Waals surface area contributed by atoms with Gasteiger partial charge in [0, 0.05) is 31.2 Å². The molecule has 0 saturated carbocycles. The zero-order valence-corrected chi connectivity index (χ0v) is 14.4. The molecule has 0 atom stereocenters. The lowest BCUT2D eigenvalue weighted by atomic mass is 9.89. The first-order valence-corrected chi connectivity index (χ1v) is 8.99. The van der Waals surface area contributed by atoms with Crippen LogP contribution >= 0.6 is 0 Å². The molecule has 0 radical (unpaired) electrons. The summed E-state index contributed by atoms with van der Waals surface area (Å²) in [6.45, 7) is 3.14. The Bertz CT molecular complexity index is 788. The molecular weight excluding hydrogens is 304 g/mol. The van der Waals surface area contributed by atoms with E-state index in [4.69, 9.17) is 5.73 Å². The molecule has 1 heterocycles. The van der Waals surface area contributed by atoms with Gasteiger partial charge in [-0.1, -0.05) is 66.7 Å². The van der Waals surface area contributed by atoms with E-state index >= 15 is 0 Å². The van der Waals surface area contributed by atoms with Gasteiger partial charge in [0.15, 0.2) is 0 Å². The van der Waals surface area contributed by atoms with Crippen LogP contribution in [0.5, 0.6) is 0 Å². The molecule has 0 amide bonds. The van der Waals surface area contributed by atoms with Gasteiger partial charge in [0.25, 0.3) is 0 Å². The molecule has 0 saturated heterocycles. The van der Waals surface area contributed by atoms with Crippen LogP contribution in [0.4, 0.5) is 5.69 Å². The Morgan fingerprint density at radius 1 is 0.800 bits per heavy atom. The fourth-order valence-electron chi connectivity index (χ4n) is 3.82. The lowest BCUT2D eigenvalue weighted by Crippen LogP contribution is -2.34. The number of anilines is 1. The van der Waals surface area contributed by atoms with Crippen LogP contribution < -0.4 is 5.73 Å². The fraction of sp³-hybridized carbons (Fsp3) is 0.217. The van der Waals surface area contributed by atoms with Gasteiger partial charge in [-0.05, 0) is 40.8 Å². The molecule has 1 aliphatic heterocycles. The minimum absolute atomic E-state index is 0.401. The molecule has 0 aromatic heterocycles. The van der Waals surface area contributed by atoms with E-state index in [0.717, 1.165) is 31.7 Å². The number of fused-ring (bicyclic) bond motifs is 1. The number of nitrogens with zero attached hydrogens (tertiary/aromatic N) is 1. The highest BCUT2D eigenvalue weighted by Gasteiger charge is 2.22. The summed E-state index contributed by atoms with van der Waals surface area (Å²) in [5.41, 5.74) is 12.4. The van der Waals surface area contributed by atoms with Crippen LogP contribution in [0.1, 0.15) is 28.2 Å². The Labute approximate surface area is 149 Å². The van der Waals surface area contributed by atoms with Crippen LogP contribution in [0, 0.1) is 0 Å². The van der Waals surface area contributed by atoms with Crippen molar-refractivity contribution >= 4 is 5.69 Å². The van der Waals surface area contributed by atoms with Gasteiger partial charge in [-0.3, -0.25) is 4.90 Å². The van der Waals surface area contributed by atoms with Crippen molar-refractivity contribution in [2.24, 2.45) is 0 Å². The summed E-state index contributed by atoms with van der Waals surface area (Å²) in [5, 5.41) is 0. The summed E-state index contributed by atoms with van der Waals surface area (Å²) in [4.78, 5) is 2.57. The van der Waals surface area contributed by atoms with Crippen molar-refractivity contribution in [3.8, 4) is 0 Å². The number of hydrogen-bond donors (Lipinski definition) is 1. The zero-order chi connectivity index (χ0) is 17.1. The van der Waals surface area contributed by atoms with Gasteiger partial charge in [0.2, 0.25) is 0 Å². The molecule has 3 aromatic rings. The van der Waals surface area contributed by atoms with Crippen LogP contribution in [-0.2, 0) is 13.0 Å². The molecule has 1 aliphatic rings. The third-order valence-corrected chi connectivity index (χ3v) is 5.17. The van der Waals surface area contributed by atoms with Crippen molar-refractivity contribution in [1.29, 1.82) is 0 Å². The first kappa shape index (κ1) is 15.9. The highest BCUT2D eigenvalue weighted by atomic mass is 15.1. The normalized spacial score (nSPS) is 14.4. The first-order valence-electron chi connectivity index (χ1n) is 8.99. The number of rotatable bonds is 4. The second-order valence-corrected chi connectivity index (χ2v) is 6.89. The van der Waals surface area contributed by atoms with Crippen molar-refractivity contribution in [1.82, 2.24) is 4.90 Å². The summed E-state index contributed by atoms with van der Waals surface area (Å²) in [6.07, 6.45) is 1.08. The third kappa shape index (κ3) is 3.59. The molecule has 0 unspecified atom stereocenters. The van der Waals surface area contributed by atoms with Gasteiger partial charge in [-0.15, -0.1) is 0 Å². The predicted octanol–water partition coefficient (Wildman–Crippen LogP) is 4.46. The van der Waals surface area contributed by atoms with E-state index in [2.05, 4.69) is 77.7 Å². The summed E-state index contributed by atoms with van der Waals surface area (Å²) in [6, 6.07) is 28.1. The van der Waals surface area contributed by atoms with E-state index in [-0.39, 0.29) is 0 Å². The molecule has 126 valence electrons. The second kappa shape index (κ2) is 7.12. The Hall–Kier alpha value is -2.58. The maximum atomic E-state index is 5.94. The number of nitrogens with two attached hydrogens (primary N) is 1. The molecule has 25 heavy (non-hydrogen) atoms. The Morgan fingerprint density at radius 3 is 2.08 bits per heavy atom. The Balaban J connectivity index is 1.58. The summed E-state index contributed by atoms with van der Waals surface area (Å²) in [7, 11) is 0. The lowest BCUT2D eigenvalue weighted by molar-refractivity contribution is 0.246. The first-order chi connectivity index (χ1) is 12.3. The topological polar surface area (TPSA) is 29.3 Å². The van der Waals surface area contributed by atoms with E-state index < -0.39 is 0 Å². The SMILES string of the molecule is Nc1ccc2c(c1)CCN(CC(c1ccccc1)c1ccccc1)C2. The molecule has 2 N–H and O–H groups in total. The molecular formula is C23H24N2. The van der Waals surface area contributed by atoms with Crippen LogP contribution in [0.25, 0.3) is 0 Å². The zero-order valence-electron chi connectivity index (χ0n) is 14.4. The quantitative estimate of drug-likeness (QED) is 0.717. The minimum atomic E-state index is 0.401. The molecule has 2 heteroatoms. The molecule has 0 bridgehead atoms. The van der Waals surface area contributed by atoms with Crippen molar-refractivity contribution in [2.45, 2.75) is 18.9 Å². The van der Waals surface area contributed by atoms with Gasteiger partial charge in [0.05, 0.1) is 0 Å². The lowest BCUT2D eigenvalue weighted by Gasteiger charge is -2.32. The standard InChI is InChI=1S/C23H24N2/c24-22-12-11-21-16-25(14-13-20(21)15-22)17-23(18-7-3-1-4-8-18)19-9-5-2-6-10-19/h1-12,15,23H,13-14,16-17,24H2. The van der Waals surface area contributed by atoms with E-state index in [1.807, 2.05) is 6.07 Å². The maximum absolute atomic E-state index is 5.94. The van der Waals surface area contributed by atoms with E-state index in [1.165, 1.54) is 22.3 Å². The summed E-state index contributed by atoms with van der Waals surface area (Å²) in [5.74, 6) is 0.401. The largest absolute Gasteiger partial charge is 0.399 e. The third-order valence-electron chi connectivity index (χ3n) is 5.17. The highest BCUT2D eigenvalue weighted by molar-refractivity contribution is 5.45. The highest BCUT2D eigenvalue weighted by Crippen LogP contribution is 2.28. The van der Waals surface area contributed by atoms with Gasteiger partial charge >= 0.3 is 0 Å². The second-order valence-electron chi connectivity index (χ2n) is 6.89. The van der Waals surface area contributed by atoms with Crippen molar-refractivity contribution < 1.29 is 0 Å². The maximum Gasteiger partial charge on any atom is 0.0316 e. The predicted molar refractivity (Wildman–Crippen MR) is 105 cm³/mol. The Morgan fingerprint density at radius 2 is 1.44 bits per heavy atom. The van der Waals surface area contributed by atoms with Crippen molar-refractivity contribution in [3.05, 3.63) is 101 Å². The minimum Gasteiger partial charge on any atom is -0.399 e. The number of benzene rings is 3. The monoisotopic (exact) mass is 328 g/mol. The van der Waals surface area contributed by atoms with Crippen molar-refractivity contribution in [3.63, 3.8) is 0 Å². The number of nitrogen functional groups attached to an aromatic ring is 1. The summed E-state index contributed by atoms with van der Waals surface area (Å²) < 4.78 is 0. The summed E-state index contributed by atoms with van der Waals surface area (Å²) >= 11 is 0. The average molecular weight is 328 g/mol. The fourth-order valence-corrected chi connectivity index (χ4v) is 3.82. The van der Waals surface area contributed by atoms with Gasteiger partial charge < -0.3 is 5.73 Å². The van der Waals surface area contributed by atoms with Gasteiger partial charge in [0.1, 0.15) is 0 Å². The number of hydrogen-bond acceptors (Lipinski definition) is 2. The molecule has 4 rings (SSSR count). The van der Waals surface area contributed by atoms with E-state index in [1.54, 1.807) is 0 Å². The van der Waals surface area contributed by atoms with Crippen LogP contribution in [-0.4, -0.2) is 18.0 Å². The van der Waals surface area contributed by atoms with Crippen LogP contribution in [0.2, 0.25) is 0 Å². The van der Waals surface area contributed by atoms with Gasteiger partial charge in [-0.25, -0.2) is 0 Å². The van der Waals surface area contributed by atoms with Gasteiger partial charge in [-0.2, -0.15) is 0 Å². The average Bonchev–Trinajstić information content (AvgIpc) is 2.67. The molecule has 0 fully saturated rings. The molecule has 2 nitrogen and oxygen atoms in total. The molecule has 0 spiro atoms. The van der Waals surface area contributed by atoms with Crippen molar-refractivity contribution in [2.75, 3.05) is 18.8 Å².